The van der Waals surface area contributed by atoms with Crippen LogP contribution in [0.25, 0.3) is 116 Å². The Hall–Kier alpha value is -8.40. The molecule has 13 aromatic rings. The third-order valence-electron chi connectivity index (χ3n) is 13.0. The van der Waals surface area contributed by atoms with Gasteiger partial charge in [-0.25, -0.2) is 0 Å². The van der Waals surface area contributed by atoms with E-state index in [0.29, 0.717) is 0 Å². The number of rotatable bonds is 6. The lowest BCUT2D eigenvalue weighted by Crippen LogP contribution is -1.96. The molecule has 3 heteroatoms. The molecule has 0 aliphatic rings. The molecule has 0 radical (unpaired) electrons. The lowest BCUT2D eigenvalue weighted by molar-refractivity contribution is 1.17. The molecule has 0 atom stereocenters. The SMILES string of the molecule is c1ccc(-c2cccc(-n3c4ccccc4c4cc(-c5ccc6c(c5)c5ccccc5n6-c5ccc6c(c5)c5ccccc5n6-c5cccc(-c6ccccc6)c5)ccc43)c2)cc1. The summed E-state index contributed by atoms with van der Waals surface area (Å²) in [5, 5.41) is 7.44. The Kier molecular flexibility index (Phi) is 7.91. The summed E-state index contributed by atoms with van der Waals surface area (Å²) in [7, 11) is 0. The second-order valence-corrected chi connectivity index (χ2v) is 16.6. The molecule has 0 saturated heterocycles. The highest BCUT2D eigenvalue weighted by atomic mass is 15.0. The summed E-state index contributed by atoms with van der Waals surface area (Å²) in [6.07, 6.45) is 0. The van der Waals surface area contributed by atoms with E-state index in [9.17, 15) is 0 Å². The fourth-order valence-corrected chi connectivity index (χ4v) is 10.1. The molecule has 0 N–H and O–H groups in total. The van der Waals surface area contributed by atoms with E-state index < -0.39 is 0 Å². The maximum atomic E-state index is 2.44. The number of benzene rings is 10. The summed E-state index contributed by atoms with van der Waals surface area (Å²) in [5.74, 6) is 0. The van der Waals surface area contributed by atoms with E-state index in [-0.39, 0.29) is 0 Å². The Bertz CT molecular complexity index is 3900. The third kappa shape index (κ3) is 5.60. The van der Waals surface area contributed by atoms with Crippen molar-refractivity contribution in [3.05, 3.63) is 237 Å². The zero-order valence-electron chi connectivity index (χ0n) is 34.4. The lowest BCUT2D eigenvalue weighted by atomic mass is 10.0. The van der Waals surface area contributed by atoms with Gasteiger partial charge in [0.1, 0.15) is 0 Å². The van der Waals surface area contributed by atoms with Crippen LogP contribution in [0.1, 0.15) is 0 Å². The first kappa shape index (κ1) is 35.4. The minimum Gasteiger partial charge on any atom is -0.309 e. The van der Waals surface area contributed by atoms with Crippen molar-refractivity contribution < 1.29 is 0 Å². The van der Waals surface area contributed by atoms with Crippen LogP contribution in [-0.2, 0) is 0 Å². The highest BCUT2D eigenvalue weighted by molar-refractivity contribution is 6.14. The van der Waals surface area contributed by atoms with Gasteiger partial charge in [0.2, 0.25) is 0 Å². The van der Waals surface area contributed by atoms with Gasteiger partial charge in [0.05, 0.1) is 33.1 Å². The highest BCUT2D eigenvalue weighted by Crippen LogP contribution is 2.40. The molecule has 3 aromatic heterocycles. The highest BCUT2D eigenvalue weighted by Gasteiger charge is 2.19. The van der Waals surface area contributed by atoms with E-state index in [1.807, 2.05) is 0 Å². The van der Waals surface area contributed by atoms with E-state index in [1.54, 1.807) is 0 Å². The predicted molar refractivity (Wildman–Crippen MR) is 266 cm³/mol. The minimum atomic E-state index is 1.15. The van der Waals surface area contributed by atoms with Gasteiger partial charge >= 0.3 is 0 Å². The minimum absolute atomic E-state index is 1.15. The van der Waals surface area contributed by atoms with Crippen LogP contribution in [0.3, 0.4) is 0 Å². The van der Waals surface area contributed by atoms with E-state index in [0.717, 1.165) is 17.1 Å². The lowest BCUT2D eigenvalue weighted by Gasteiger charge is -2.12. The largest absolute Gasteiger partial charge is 0.309 e. The number of nitrogens with zero attached hydrogens (tertiary/aromatic N) is 3. The monoisotopic (exact) mass is 801 g/mol. The number of aromatic nitrogens is 3. The summed E-state index contributed by atoms with van der Waals surface area (Å²) in [6, 6.07) is 86.4. The average Bonchev–Trinajstić information content (AvgIpc) is 3.99. The van der Waals surface area contributed by atoms with Gasteiger partial charge in [-0.3, -0.25) is 0 Å². The summed E-state index contributed by atoms with van der Waals surface area (Å²) in [4.78, 5) is 0. The van der Waals surface area contributed by atoms with E-state index in [1.165, 1.54) is 98.8 Å². The number of fused-ring (bicyclic) bond motifs is 9. The Morgan fingerprint density at radius 1 is 0.175 bits per heavy atom. The summed E-state index contributed by atoms with van der Waals surface area (Å²) in [5.41, 5.74) is 17.9. The topological polar surface area (TPSA) is 14.8 Å². The molecule has 3 nitrogen and oxygen atoms in total. The molecule has 0 spiro atoms. The predicted octanol–water partition coefficient (Wildman–Crippen LogP) is 16.0. The molecule has 13 rings (SSSR count). The second kappa shape index (κ2) is 14.1. The molecule has 0 aliphatic heterocycles. The first-order valence-electron chi connectivity index (χ1n) is 21.7. The molecular weight excluding hydrogens is 763 g/mol. The Balaban J connectivity index is 0.941. The molecule has 0 aliphatic carbocycles. The third-order valence-corrected chi connectivity index (χ3v) is 13.0. The van der Waals surface area contributed by atoms with Crippen LogP contribution in [0.5, 0.6) is 0 Å². The van der Waals surface area contributed by atoms with Crippen LogP contribution in [0, 0.1) is 0 Å². The van der Waals surface area contributed by atoms with Gasteiger partial charge in [-0.1, -0.05) is 152 Å². The van der Waals surface area contributed by atoms with Crippen molar-refractivity contribution in [1.82, 2.24) is 13.7 Å². The molecule has 0 amide bonds. The van der Waals surface area contributed by atoms with Gasteiger partial charge in [0.15, 0.2) is 0 Å². The summed E-state index contributed by atoms with van der Waals surface area (Å²) >= 11 is 0. The molecule has 63 heavy (non-hydrogen) atoms. The van der Waals surface area contributed by atoms with Crippen LogP contribution in [0.4, 0.5) is 0 Å². The van der Waals surface area contributed by atoms with Gasteiger partial charge in [-0.05, 0) is 118 Å². The molecule has 0 fully saturated rings. The van der Waals surface area contributed by atoms with Crippen molar-refractivity contribution in [2.75, 3.05) is 0 Å². The first-order valence-corrected chi connectivity index (χ1v) is 21.7. The molecule has 0 bridgehead atoms. The molecule has 10 aromatic carbocycles. The molecule has 0 unspecified atom stereocenters. The Morgan fingerprint density at radius 2 is 0.492 bits per heavy atom. The van der Waals surface area contributed by atoms with Crippen LogP contribution < -0.4 is 0 Å². The molecule has 3 heterocycles. The maximum Gasteiger partial charge on any atom is 0.0542 e. The molecule has 0 saturated carbocycles. The van der Waals surface area contributed by atoms with Gasteiger partial charge < -0.3 is 13.7 Å². The fraction of sp³-hybridized carbons (Fsp3) is 0. The smallest absolute Gasteiger partial charge is 0.0542 e. The van der Waals surface area contributed by atoms with Crippen LogP contribution >= 0.6 is 0 Å². The Labute approximate surface area is 364 Å². The van der Waals surface area contributed by atoms with Crippen molar-refractivity contribution in [3.63, 3.8) is 0 Å². The van der Waals surface area contributed by atoms with Crippen molar-refractivity contribution in [1.29, 1.82) is 0 Å². The van der Waals surface area contributed by atoms with Crippen LogP contribution in [0.15, 0.2) is 237 Å². The zero-order chi connectivity index (χ0) is 41.4. The van der Waals surface area contributed by atoms with Crippen molar-refractivity contribution in [2.24, 2.45) is 0 Å². The zero-order valence-corrected chi connectivity index (χ0v) is 34.4. The van der Waals surface area contributed by atoms with E-state index in [4.69, 9.17) is 0 Å². The summed E-state index contributed by atoms with van der Waals surface area (Å²) < 4.78 is 7.26. The molecule has 294 valence electrons. The van der Waals surface area contributed by atoms with Crippen molar-refractivity contribution in [3.8, 4) is 50.4 Å². The van der Waals surface area contributed by atoms with Crippen LogP contribution in [0.2, 0.25) is 0 Å². The van der Waals surface area contributed by atoms with E-state index in [2.05, 4.69) is 250 Å². The van der Waals surface area contributed by atoms with Gasteiger partial charge in [-0.15, -0.1) is 0 Å². The number of hydrogen-bond acceptors (Lipinski definition) is 0. The standard InChI is InChI=1S/C60H39N3/c1-3-15-40(16-4-1)42-19-13-21-46(35-42)61-55-26-10-7-23-49(55)52-37-44(29-32-58(52)61)45-30-33-59-53(38-45)50-24-8-11-27-56(50)63(59)48-31-34-60-54(39-48)51-25-9-12-28-57(51)62(60)47-22-14-20-43(36-47)41-17-5-2-6-18-41/h1-39H. The van der Waals surface area contributed by atoms with Crippen molar-refractivity contribution in [2.45, 2.75) is 0 Å². The molecular formula is C60H39N3. The fourth-order valence-electron chi connectivity index (χ4n) is 10.1. The average molecular weight is 802 g/mol. The van der Waals surface area contributed by atoms with Gasteiger partial charge in [0.25, 0.3) is 0 Å². The maximum absolute atomic E-state index is 2.44. The van der Waals surface area contributed by atoms with Crippen molar-refractivity contribution >= 4 is 65.4 Å². The summed E-state index contributed by atoms with van der Waals surface area (Å²) in [6.45, 7) is 0. The Morgan fingerprint density at radius 3 is 0.937 bits per heavy atom. The quantitative estimate of drug-likeness (QED) is 0.159. The van der Waals surface area contributed by atoms with Gasteiger partial charge in [-0.2, -0.15) is 0 Å². The second-order valence-electron chi connectivity index (χ2n) is 16.6. The normalized spacial score (nSPS) is 11.8. The number of para-hydroxylation sites is 3. The van der Waals surface area contributed by atoms with E-state index >= 15 is 0 Å². The van der Waals surface area contributed by atoms with Gasteiger partial charge in [0, 0.05) is 49.4 Å². The first-order chi connectivity index (χ1) is 31.2. The van der Waals surface area contributed by atoms with Crippen LogP contribution in [-0.4, -0.2) is 13.7 Å². The number of hydrogen-bond donors (Lipinski definition) is 0.